The van der Waals surface area contributed by atoms with Crippen molar-refractivity contribution in [3.05, 3.63) is 36.4 Å². The number of carbonyl (C=O) groups excluding carboxylic acids is 1. The van der Waals surface area contributed by atoms with Crippen LogP contribution in [0.4, 0.5) is 5.69 Å². The van der Waals surface area contributed by atoms with Gasteiger partial charge in [0.15, 0.2) is 0 Å². The lowest BCUT2D eigenvalue weighted by molar-refractivity contribution is 0.101. The number of nitrogens with one attached hydrogen (secondary N) is 2. The summed E-state index contributed by atoms with van der Waals surface area (Å²) in [5, 5.41) is 8.78. The van der Waals surface area contributed by atoms with Gasteiger partial charge in [-0.3, -0.25) is 9.89 Å². The molecule has 1 heterocycles. The Morgan fingerprint density at radius 2 is 2.18 bits per heavy atom. The Kier molecular flexibility index (Phi) is 3.34. The number of nitrogens with zero attached hydrogens (tertiary/aromatic N) is 2. The van der Waals surface area contributed by atoms with Gasteiger partial charge in [-0.05, 0) is 31.2 Å². The number of carbonyl (C=O) groups is 1. The first-order valence-electron chi connectivity index (χ1n) is 5.19. The van der Waals surface area contributed by atoms with Gasteiger partial charge in [0.05, 0.1) is 6.61 Å². The van der Waals surface area contributed by atoms with Crippen molar-refractivity contribution in [1.29, 1.82) is 0 Å². The zero-order valence-corrected chi connectivity index (χ0v) is 9.30. The number of rotatable bonds is 4. The van der Waals surface area contributed by atoms with Crippen LogP contribution >= 0.6 is 0 Å². The van der Waals surface area contributed by atoms with Crippen LogP contribution in [0.2, 0.25) is 0 Å². The predicted octanol–water partition coefficient (Wildman–Crippen LogP) is 1.46. The number of amides is 1. The smallest absolute Gasteiger partial charge is 0.292 e. The van der Waals surface area contributed by atoms with Gasteiger partial charge in [0.25, 0.3) is 5.91 Å². The van der Waals surface area contributed by atoms with Crippen LogP contribution in [-0.4, -0.2) is 27.7 Å². The Balaban J connectivity index is 2.01. The molecule has 88 valence electrons. The van der Waals surface area contributed by atoms with Crippen LogP contribution in [-0.2, 0) is 0 Å². The summed E-state index contributed by atoms with van der Waals surface area (Å²) >= 11 is 0. The Labute approximate surface area is 98.0 Å². The molecule has 17 heavy (non-hydrogen) atoms. The lowest BCUT2D eigenvalue weighted by Gasteiger charge is -2.05. The van der Waals surface area contributed by atoms with Gasteiger partial charge in [-0.1, -0.05) is 0 Å². The highest BCUT2D eigenvalue weighted by molar-refractivity contribution is 6.01. The van der Waals surface area contributed by atoms with Crippen molar-refractivity contribution in [2.75, 3.05) is 11.9 Å². The van der Waals surface area contributed by atoms with E-state index in [0.717, 1.165) is 5.75 Å². The molecule has 0 bridgehead atoms. The van der Waals surface area contributed by atoms with E-state index >= 15 is 0 Å². The van der Waals surface area contributed by atoms with Crippen LogP contribution in [0.25, 0.3) is 0 Å². The van der Waals surface area contributed by atoms with E-state index in [0.29, 0.717) is 12.3 Å². The van der Waals surface area contributed by atoms with Crippen molar-refractivity contribution in [1.82, 2.24) is 15.2 Å². The van der Waals surface area contributed by atoms with Gasteiger partial charge < -0.3 is 10.1 Å². The fourth-order valence-corrected chi connectivity index (χ4v) is 1.31. The van der Waals surface area contributed by atoms with Crippen molar-refractivity contribution in [2.45, 2.75) is 6.92 Å². The summed E-state index contributed by atoms with van der Waals surface area (Å²) in [7, 11) is 0. The topological polar surface area (TPSA) is 79.9 Å². The van der Waals surface area contributed by atoms with Crippen molar-refractivity contribution in [3.63, 3.8) is 0 Å². The molecule has 0 unspecified atom stereocenters. The third-order valence-corrected chi connectivity index (χ3v) is 2.05. The van der Waals surface area contributed by atoms with Crippen molar-refractivity contribution < 1.29 is 9.53 Å². The molecule has 6 heteroatoms. The lowest BCUT2D eigenvalue weighted by Crippen LogP contribution is -2.13. The Morgan fingerprint density at radius 3 is 2.76 bits per heavy atom. The summed E-state index contributed by atoms with van der Waals surface area (Å²) in [6.45, 7) is 2.53. The number of anilines is 1. The first-order valence-corrected chi connectivity index (χ1v) is 5.19. The number of ether oxygens (including phenoxy) is 1. The lowest BCUT2D eigenvalue weighted by atomic mass is 10.3. The highest BCUT2D eigenvalue weighted by Gasteiger charge is 2.08. The molecular weight excluding hydrogens is 220 g/mol. The standard InChI is InChI=1S/C11H12N4O2/c1-2-17-9-5-3-8(4-6-9)14-11(16)10-12-7-13-15-10/h3-7H,2H2,1H3,(H,14,16)(H,12,13,15). The summed E-state index contributed by atoms with van der Waals surface area (Å²) in [5.74, 6) is 0.621. The molecule has 1 aromatic heterocycles. The summed E-state index contributed by atoms with van der Waals surface area (Å²) in [5.41, 5.74) is 0.676. The molecular formula is C11H12N4O2. The van der Waals surface area contributed by atoms with Gasteiger partial charge >= 0.3 is 0 Å². The summed E-state index contributed by atoms with van der Waals surface area (Å²) in [4.78, 5) is 15.4. The van der Waals surface area contributed by atoms with Crippen LogP contribution in [0.3, 0.4) is 0 Å². The zero-order valence-electron chi connectivity index (χ0n) is 9.30. The molecule has 0 aliphatic carbocycles. The molecule has 2 N–H and O–H groups in total. The second-order valence-electron chi connectivity index (χ2n) is 3.25. The SMILES string of the molecule is CCOc1ccc(NC(=O)c2ncn[nH]2)cc1. The average molecular weight is 232 g/mol. The monoisotopic (exact) mass is 232 g/mol. The maximum Gasteiger partial charge on any atom is 0.292 e. The number of aromatic nitrogens is 3. The van der Waals surface area contributed by atoms with E-state index in [1.807, 2.05) is 6.92 Å². The molecule has 0 atom stereocenters. The van der Waals surface area contributed by atoms with E-state index in [9.17, 15) is 4.79 Å². The highest BCUT2D eigenvalue weighted by Crippen LogP contribution is 2.15. The van der Waals surface area contributed by atoms with Gasteiger partial charge in [-0.25, -0.2) is 4.98 Å². The number of H-pyrrole nitrogens is 1. The Morgan fingerprint density at radius 1 is 1.41 bits per heavy atom. The zero-order chi connectivity index (χ0) is 12.1. The van der Waals surface area contributed by atoms with E-state index in [1.54, 1.807) is 24.3 Å². The minimum Gasteiger partial charge on any atom is -0.494 e. The van der Waals surface area contributed by atoms with Crippen LogP contribution < -0.4 is 10.1 Å². The molecule has 0 radical (unpaired) electrons. The van der Waals surface area contributed by atoms with Gasteiger partial charge in [-0.2, -0.15) is 5.10 Å². The molecule has 0 spiro atoms. The van der Waals surface area contributed by atoms with Crippen LogP contribution in [0, 0.1) is 0 Å². The maximum atomic E-state index is 11.6. The van der Waals surface area contributed by atoms with Crippen molar-refractivity contribution >= 4 is 11.6 Å². The van der Waals surface area contributed by atoms with E-state index < -0.39 is 0 Å². The van der Waals surface area contributed by atoms with Gasteiger partial charge in [-0.15, -0.1) is 0 Å². The van der Waals surface area contributed by atoms with Crippen molar-refractivity contribution in [3.8, 4) is 5.75 Å². The van der Waals surface area contributed by atoms with E-state index in [1.165, 1.54) is 6.33 Å². The third-order valence-electron chi connectivity index (χ3n) is 2.05. The first kappa shape index (κ1) is 11.1. The largest absolute Gasteiger partial charge is 0.494 e. The molecule has 0 saturated heterocycles. The summed E-state index contributed by atoms with van der Waals surface area (Å²) < 4.78 is 5.30. The Hall–Kier alpha value is -2.37. The molecule has 6 nitrogen and oxygen atoms in total. The Bertz CT molecular complexity index is 479. The predicted molar refractivity (Wildman–Crippen MR) is 61.9 cm³/mol. The molecule has 0 fully saturated rings. The minimum atomic E-state index is -0.327. The van der Waals surface area contributed by atoms with E-state index in [4.69, 9.17) is 4.74 Å². The molecule has 1 amide bonds. The molecule has 2 rings (SSSR count). The number of hydrogen-bond acceptors (Lipinski definition) is 4. The quantitative estimate of drug-likeness (QED) is 0.836. The third kappa shape index (κ3) is 2.81. The molecule has 0 aliphatic rings. The van der Waals surface area contributed by atoms with E-state index in [-0.39, 0.29) is 11.7 Å². The van der Waals surface area contributed by atoms with Crippen LogP contribution in [0.5, 0.6) is 5.75 Å². The van der Waals surface area contributed by atoms with Gasteiger partial charge in [0, 0.05) is 5.69 Å². The first-order chi connectivity index (χ1) is 8.29. The fraction of sp³-hybridized carbons (Fsp3) is 0.182. The number of hydrogen-bond donors (Lipinski definition) is 2. The molecule has 0 saturated carbocycles. The van der Waals surface area contributed by atoms with Crippen LogP contribution in [0.1, 0.15) is 17.5 Å². The summed E-state index contributed by atoms with van der Waals surface area (Å²) in [6, 6.07) is 7.11. The molecule has 2 aromatic rings. The normalized spacial score (nSPS) is 9.94. The fourth-order valence-electron chi connectivity index (χ4n) is 1.31. The van der Waals surface area contributed by atoms with Gasteiger partial charge in [0.2, 0.25) is 5.82 Å². The van der Waals surface area contributed by atoms with E-state index in [2.05, 4.69) is 20.5 Å². The van der Waals surface area contributed by atoms with Gasteiger partial charge in [0.1, 0.15) is 12.1 Å². The summed E-state index contributed by atoms with van der Waals surface area (Å²) in [6.07, 6.45) is 1.28. The molecule has 0 aliphatic heterocycles. The number of benzene rings is 1. The minimum absolute atomic E-state index is 0.180. The maximum absolute atomic E-state index is 11.6. The second kappa shape index (κ2) is 5.11. The highest BCUT2D eigenvalue weighted by atomic mass is 16.5. The second-order valence-corrected chi connectivity index (χ2v) is 3.25. The average Bonchev–Trinajstić information content (AvgIpc) is 2.86. The van der Waals surface area contributed by atoms with Crippen LogP contribution in [0.15, 0.2) is 30.6 Å². The van der Waals surface area contributed by atoms with Crippen molar-refractivity contribution in [2.24, 2.45) is 0 Å². The molecule has 1 aromatic carbocycles. The number of aromatic amines is 1.